The van der Waals surface area contributed by atoms with Crippen molar-refractivity contribution >= 4 is 22.9 Å². The molecular weight excluding hydrogens is 256 g/mol. The Morgan fingerprint density at radius 2 is 2.29 bits per heavy atom. The van der Waals surface area contributed by atoms with Crippen molar-refractivity contribution in [3.05, 3.63) is 16.1 Å². The Bertz CT molecular complexity index is 337. The summed E-state index contributed by atoms with van der Waals surface area (Å²) in [6.07, 6.45) is 3.82. The van der Waals surface area contributed by atoms with Gasteiger partial charge in [-0.2, -0.15) is 0 Å². The number of halogens is 1. The summed E-state index contributed by atoms with van der Waals surface area (Å²) in [5.41, 5.74) is 1.00. The summed E-state index contributed by atoms with van der Waals surface area (Å²) in [5, 5.41) is 3.26. The number of piperidine rings is 1. The van der Waals surface area contributed by atoms with E-state index >= 15 is 0 Å². The molecule has 1 aromatic heterocycles. The average Bonchev–Trinajstić information content (AvgIpc) is 2.85. The molecule has 1 saturated heterocycles. The lowest BCUT2D eigenvalue weighted by Crippen LogP contribution is -2.37. The van der Waals surface area contributed by atoms with Gasteiger partial charge in [-0.15, -0.1) is 22.9 Å². The molecule has 1 fully saturated rings. The number of nitrogens with zero attached hydrogens (tertiary/aromatic N) is 2. The van der Waals surface area contributed by atoms with Crippen molar-refractivity contribution < 1.29 is 4.74 Å². The van der Waals surface area contributed by atoms with Crippen molar-refractivity contribution in [1.82, 2.24) is 9.88 Å². The molecule has 0 amide bonds. The number of methoxy groups -OCH3 is 1. The van der Waals surface area contributed by atoms with Crippen LogP contribution in [0.15, 0.2) is 5.38 Å². The van der Waals surface area contributed by atoms with Gasteiger partial charge in [-0.25, -0.2) is 4.98 Å². The van der Waals surface area contributed by atoms with Crippen LogP contribution in [-0.4, -0.2) is 42.7 Å². The number of thiazole rings is 1. The van der Waals surface area contributed by atoms with E-state index in [-0.39, 0.29) is 0 Å². The summed E-state index contributed by atoms with van der Waals surface area (Å²) >= 11 is 7.46. The third-order valence-electron chi connectivity index (χ3n) is 3.25. The number of alkyl halides is 1. The monoisotopic (exact) mass is 274 g/mol. The van der Waals surface area contributed by atoms with Gasteiger partial charge >= 0.3 is 0 Å². The fourth-order valence-corrected chi connectivity index (χ4v) is 3.16. The molecule has 96 valence electrons. The molecule has 1 aromatic rings. The Morgan fingerprint density at radius 3 is 2.88 bits per heavy atom. The maximum atomic E-state index is 5.74. The molecule has 2 rings (SSSR count). The predicted octanol–water partition coefficient (Wildman–Crippen LogP) is 2.54. The first-order valence-electron chi connectivity index (χ1n) is 6.06. The van der Waals surface area contributed by atoms with Gasteiger partial charge in [0.2, 0.25) is 0 Å². The second-order valence-electron chi connectivity index (χ2n) is 4.39. The molecule has 0 spiro atoms. The summed E-state index contributed by atoms with van der Waals surface area (Å²) in [4.78, 5) is 6.98. The topological polar surface area (TPSA) is 25.4 Å². The molecule has 3 nitrogen and oxygen atoms in total. The molecule has 1 aliphatic heterocycles. The highest BCUT2D eigenvalue weighted by molar-refractivity contribution is 7.09. The number of likely N-dealkylation sites (tertiary alicyclic amines) is 1. The highest BCUT2D eigenvalue weighted by atomic mass is 35.5. The minimum Gasteiger partial charge on any atom is -0.381 e. The Morgan fingerprint density at radius 1 is 1.53 bits per heavy atom. The van der Waals surface area contributed by atoms with Crippen LogP contribution < -0.4 is 0 Å². The molecule has 0 bridgehead atoms. The van der Waals surface area contributed by atoms with Gasteiger partial charge in [0.15, 0.2) is 0 Å². The van der Waals surface area contributed by atoms with E-state index < -0.39 is 0 Å². The van der Waals surface area contributed by atoms with Gasteiger partial charge in [0.05, 0.1) is 22.7 Å². The molecule has 0 aromatic carbocycles. The van der Waals surface area contributed by atoms with E-state index in [1.54, 1.807) is 11.3 Å². The lowest BCUT2D eigenvalue weighted by atomic mass is 10.1. The zero-order chi connectivity index (χ0) is 12.1. The third kappa shape index (κ3) is 3.91. The van der Waals surface area contributed by atoms with Crippen LogP contribution in [0.2, 0.25) is 0 Å². The first-order chi connectivity index (χ1) is 8.31. The van der Waals surface area contributed by atoms with Crippen molar-refractivity contribution in [3.63, 3.8) is 0 Å². The fourth-order valence-electron chi connectivity index (χ4n) is 2.15. The molecular formula is C12H19ClN2OS. The molecule has 0 aliphatic carbocycles. The SMILES string of the molecule is COC1CCN(CCc2nc(CCl)cs2)CC1. The molecule has 0 unspecified atom stereocenters. The summed E-state index contributed by atoms with van der Waals surface area (Å²) in [5.74, 6) is 0.524. The van der Waals surface area contributed by atoms with Gasteiger partial charge in [-0.05, 0) is 12.8 Å². The normalized spacial score (nSPS) is 18.7. The van der Waals surface area contributed by atoms with Gasteiger partial charge in [-0.1, -0.05) is 0 Å². The number of aromatic nitrogens is 1. The maximum Gasteiger partial charge on any atom is 0.0941 e. The van der Waals surface area contributed by atoms with Crippen molar-refractivity contribution in [2.45, 2.75) is 31.2 Å². The van der Waals surface area contributed by atoms with Crippen LogP contribution in [0.1, 0.15) is 23.5 Å². The largest absolute Gasteiger partial charge is 0.381 e. The Balaban J connectivity index is 1.72. The van der Waals surface area contributed by atoms with Gasteiger partial charge in [-0.3, -0.25) is 0 Å². The minimum absolute atomic E-state index is 0.467. The molecule has 0 N–H and O–H groups in total. The van der Waals surface area contributed by atoms with Crippen LogP contribution in [0.5, 0.6) is 0 Å². The Labute approximate surface area is 112 Å². The van der Waals surface area contributed by atoms with E-state index in [9.17, 15) is 0 Å². The third-order valence-corrected chi connectivity index (χ3v) is 4.48. The van der Waals surface area contributed by atoms with Crippen LogP contribution in [-0.2, 0) is 17.0 Å². The number of ether oxygens (including phenoxy) is 1. The zero-order valence-corrected chi connectivity index (χ0v) is 11.8. The van der Waals surface area contributed by atoms with E-state index in [1.165, 1.54) is 5.01 Å². The van der Waals surface area contributed by atoms with E-state index in [0.29, 0.717) is 12.0 Å². The van der Waals surface area contributed by atoms with Gasteiger partial charge in [0.25, 0.3) is 0 Å². The maximum absolute atomic E-state index is 5.74. The second kappa shape index (κ2) is 6.69. The number of hydrogen-bond donors (Lipinski definition) is 0. The standard InChI is InChI=1S/C12H19ClN2OS/c1-16-11-2-5-15(6-3-11)7-4-12-14-10(8-13)9-17-12/h9,11H,2-8H2,1H3. The molecule has 5 heteroatoms. The number of hydrogen-bond acceptors (Lipinski definition) is 4. The summed E-state index contributed by atoms with van der Waals surface area (Å²) in [6, 6.07) is 0. The highest BCUT2D eigenvalue weighted by Gasteiger charge is 2.18. The second-order valence-corrected chi connectivity index (χ2v) is 5.60. The quantitative estimate of drug-likeness (QED) is 0.772. The minimum atomic E-state index is 0.467. The van der Waals surface area contributed by atoms with Crippen LogP contribution in [0.25, 0.3) is 0 Å². The smallest absolute Gasteiger partial charge is 0.0941 e. The Kier molecular flexibility index (Phi) is 5.22. The summed E-state index contributed by atoms with van der Waals surface area (Å²) in [7, 11) is 1.81. The highest BCUT2D eigenvalue weighted by Crippen LogP contribution is 2.15. The molecule has 17 heavy (non-hydrogen) atoms. The van der Waals surface area contributed by atoms with Crippen molar-refractivity contribution in [2.75, 3.05) is 26.7 Å². The summed E-state index contributed by atoms with van der Waals surface area (Å²) in [6.45, 7) is 3.39. The van der Waals surface area contributed by atoms with Gasteiger partial charge in [0.1, 0.15) is 0 Å². The van der Waals surface area contributed by atoms with Crippen molar-refractivity contribution in [2.24, 2.45) is 0 Å². The van der Waals surface area contributed by atoms with Gasteiger partial charge < -0.3 is 9.64 Å². The van der Waals surface area contributed by atoms with Crippen LogP contribution in [0, 0.1) is 0 Å². The van der Waals surface area contributed by atoms with Crippen molar-refractivity contribution in [3.8, 4) is 0 Å². The summed E-state index contributed by atoms with van der Waals surface area (Å²) < 4.78 is 5.37. The first kappa shape index (κ1) is 13.3. The average molecular weight is 275 g/mol. The lowest BCUT2D eigenvalue weighted by molar-refractivity contribution is 0.0415. The zero-order valence-electron chi connectivity index (χ0n) is 10.2. The molecule has 1 aliphatic rings. The predicted molar refractivity (Wildman–Crippen MR) is 71.8 cm³/mol. The van der Waals surface area contributed by atoms with Crippen LogP contribution in [0.4, 0.5) is 0 Å². The van der Waals surface area contributed by atoms with E-state index in [1.807, 2.05) is 7.11 Å². The number of rotatable bonds is 5. The van der Waals surface area contributed by atoms with E-state index in [2.05, 4.69) is 15.3 Å². The molecule has 2 heterocycles. The fraction of sp³-hybridized carbons (Fsp3) is 0.750. The van der Waals surface area contributed by atoms with Crippen LogP contribution in [0.3, 0.4) is 0 Å². The molecule has 0 saturated carbocycles. The van der Waals surface area contributed by atoms with E-state index in [0.717, 1.165) is 44.6 Å². The first-order valence-corrected chi connectivity index (χ1v) is 7.47. The van der Waals surface area contributed by atoms with Crippen LogP contribution >= 0.6 is 22.9 Å². The van der Waals surface area contributed by atoms with Crippen molar-refractivity contribution in [1.29, 1.82) is 0 Å². The molecule has 0 atom stereocenters. The lowest BCUT2D eigenvalue weighted by Gasteiger charge is -2.30. The molecule has 0 radical (unpaired) electrons. The van der Waals surface area contributed by atoms with Gasteiger partial charge in [0, 0.05) is 38.5 Å². The Hall–Kier alpha value is -0.160. The van der Waals surface area contributed by atoms with E-state index in [4.69, 9.17) is 16.3 Å².